The molecule has 2 amide bonds. The zero-order chi connectivity index (χ0) is 19.1. The summed E-state index contributed by atoms with van der Waals surface area (Å²) in [6.07, 6.45) is 4.88. The van der Waals surface area contributed by atoms with Crippen LogP contribution in [0.5, 0.6) is 0 Å². The lowest BCUT2D eigenvalue weighted by atomic mass is 10.0. The fourth-order valence-electron chi connectivity index (χ4n) is 4.51. The monoisotopic (exact) mass is 379 g/mol. The van der Waals surface area contributed by atoms with Crippen molar-refractivity contribution >= 4 is 23.5 Å². The van der Waals surface area contributed by atoms with Gasteiger partial charge in [0.05, 0.1) is 24.6 Å². The molecule has 0 unspecified atom stereocenters. The van der Waals surface area contributed by atoms with E-state index in [0.717, 1.165) is 12.1 Å². The van der Waals surface area contributed by atoms with Crippen LogP contribution in [0, 0.1) is 0 Å². The summed E-state index contributed by atoms with van der Waals surface area (Å²) < 4.78 is 6.06. The molecule has 3 aliphatic heterocycles. The van der Waals surface area contributed by atoms with E-state index in [1.807, 2.05) is 35.2 Å². The van der Waals surface area contributed by atoms with Crippen molar-refractivity contribution in [1.29, 1.82) is 0 Å². The smallest absolute Gasteiger partial charge is 0.257 e. The molecule has 0 bridgehead atoms. The summed E-state index contributed by atoms with van der Waals surface area (Å²) in [6, 6.07) is 9.36. The molecule has 1 aromatic carbocycles. The van der Waals surface area contributed by atoms with Gasteiger partial charge in [-0.25, -0.2) is 9.97 Å². The number of aromatic nitrogens is 2. The highest BCUT2D eigenvalue weighted by molar-refractivity contribution is 5.95. The molecule has 1 N–H and O–H groups in total. The van der Waals surface area contributed by atoms with Crippen molar-refractivity contribution < 1.29 is 14.3 Å². The number of nitrogens with zero attached hydrogens (tertiary/aromatic N) is 4. The number of ether oxygens (including phenoxy) is 1. The van der Waals surface area contributed by atoms with Crippen molar-refractivity contribution in [2.75, 3.05) is 25.0 Å². The molecule has 0 saturated carbocycles. The van der Waals surface area contributed by atoms with E-state index in [1.54, 1.807) is 4.90 Å². The summed E-state index contributed by atoms with van der Waals surface area (Å²) in [5, 5.41) is 3.10. The first-order valence-electron chi connectivity index (χ1n) is 9.57. The van der Waals surface area contributed by atoms with Crippen molar-refractivity contribution in [3.05, 3.63) is 48.3 Å². The largest absolute Gasteiger partial charge is 0.353 e. The number of likely N-dealkylation sites (tertiary alicyclic amines) is 1. The third-order valence-electron chi connectivity index (χ3n) is 5.80. The van der Waals surface area contributed by atoms with Crippen LogP contribution >= 0.6 is 0 Å². The van der Waals surface area contributed by atoms with Gasteiger partial charge in [-0.1, -0.05) is 18.2 Å². The second-order valence-electron chi connectivity index (χ2n) is 7.35. The zero-order valence-corrected chi connectivity index (χ0v) is 15.4. The minimum atomic E-state index is -0.638. The van der Waals surface area contributed by atoms with Gasteiger partial charge in [-0.05, 0) is 18.6 Å². The predicted octanol–water partition coefficient (Wildman–Crippen LogP) is 1.78. The third kappa shape index (κ3) is 2.63. The van der Waals surface area contributed by atoms with Crippen molar-refractivity contribution in [3.8, 4) is 0 Å². The summed E-state index contributed by atoms with van der Waals surface area (Å²) in [7, 11) is 0. The van der Waals surface area contributed by atoms with E-state index in [9.17, 15) is 9.59 Å². The molecule has 3 saturated heterocycles. The quantitative estimate of drug-likeness (QED) is 0.875. The van der Waals surface area contributed by atoms with Gasteiger partial charge in [0.15, 0.2) is 5.72 Å². The Morgan fingerprint density at radius 2 is 1.96 bits per heavy atom. The molecule has 28 heavy (non-hydrogen) atoms. The number of para-hydroxylation sites is 1. The number of carbonyl (C=O) groups excluding carboxylic acids is 2. The molecule has 2 atom stereocenters. The summed E-state index contributed by atoms with van der Waals surface area (Å²) in [5.41, 5.74) is 0.653. The molecule has 144 valence electrons. The van der Waals surface area contributed by atoms with Gasteiger partial charge in [-0.2, -0.15) is 0 Å². The molecule has 8 nitrogen and oxygen atoms in total. The number of hydrogen-bond acceptors (Lipinski definition) is 6. The van der Waals surface area contributed by atoms with Gasteiger partial charge in [0.1, 0.15) is 0 Å². The summed E-state index contributed by atoms with van der Waals surface area (Å²) in [4.78, 5) is 37.6. The van der Waals surface area contributed by atoms with Crippen LogP contribution in [0.2, 0.25) is 0 Å². The van der Waals surface area contributed by atoms with Gasteiger partial charge in [0.2, 0.25) is 11.9 Å². The average Bonchev–Trinajstić information content (AvgIpc) is 3.21. The number of benzene rings is 1. The Kier molecular flexibility index (Phi) is 4.01. The van der Waals surface area contributed by atoms with Crippen LogP contribution in [0.4, 0.5) is 11.6 Å². The van der Waals surface area contributed by atoms with Crippen LogP contribution in [0.15, 0.2) is 42.7 Å². The first-order chi connectivity index (χ1) is 13.7. The lowest BCUT2D eigenvalue weighted by Crippen LogP contribution is -2.56. The normalized spacial score (nSPS) is 26.1. The van der Waals surface area contributed by atoms with Gasteiger partial charge in [0.25, 0.3) is 5.91 Å². The number of rotatable bonds is 3. The second kappa shape index (κ2) is 6.56. The molecular formula is C20H21N5O3. The highest BCUT2D eigenvalue weighted by Crippen LogP contribution is 2.45. The van der Waals surface area contributed by atoms with Gasteiger partial charge < -0.3 is 19.9 Å². The molecule has 1 aromatic heterocycles. The molecular weight excluding hydrogens is 358 g/mol. The Hall–Kier alpha value is -3.00. The van der Waals surface area contributed by atoms with E-state index in [4.69, 9.17) is 4.74 Å². The highest BCUT2D eigenvalue weighted by Gasteiger charge is 2.61. The number of hydrogen-bond donors (Lipinski definition) is 1. The van der Waals surface area contributed by atoms with Gasteiger partial charge in [0, 0.05) is 37.6 Å². The molecule has 4 heterocycles. The van der Waals surface area contributed by atoms with Crippen LogP contribution in [0.3, 0.4) is 0 Å². The van der Waals surface area contributed by atoms with Crippen LogP contribution in [0.25, 0.3) is 0 Å². The fraction of sp³-hybridized carbons (Fsp3) is 0.400. The van der Waals surface area contributed by atoms with E-state index in [2.05, 4.69) is 15.3 Å². The third-order valence-corrected chi connectivity index (χ3v) is 5.80. The molecule has 3 fully saturated rings. The minimum absolute atomic E-state index is 0.0702. The van der Waals surface area contributed by atoms with Crippen LogP contribution < -0.4 is 5.32 Å². The highest BCUT2D eigenvalue weighted by atomic mass is 16.5. The molecule has 8 heteroatoms. The first kappa shape index (κ1) is 17.1. The maximum atomic E-state index is 13.1. The molecule has 2 aromatic rings. The number of carbonyl (C=O) groups is 2. The van der Waals surface area contributed by atoms with E-state index < -0.39 is 5.72 Å². The Morgan fingerprint density at radius 3 is 2.75 bits per heavy atom. The predicted molar refractivity (Wildman–Crippen MR) is 101 cm³/mol. The summed E-state index contributed by atoms with van der Waals surface area (Å²) >= 11 is 0. The van der Waals surface area contributed by atoms with Crippen molar-refractivity contribution in [2.24, 2.45) is 0 Å². The Bertz CT molecular complexity index is 904. The summed E-state index contributed by atoms with van der Waals surface area (Å²) in [5.74, 6) is 0.344. The van der Waals surface area contributed by atoms with Crippen molar-refractivity contribution in [3.63, 3.8) is 0 Å². The van der Waals surface area contributed by atoms with Crippen LogP contribution in [-0.4, -0.2) is 63.0 Å². The van der Waals surface area contributed by atoms with Gasteiger partial charge in [-0.15, -0.1) is 0 Å². The topological polar surface area (TPSA) is 87.7 Å². The summed E-state index contributed by atoms with van der Waals surface area (Å²) in [6.45, 7) is 1.91. The molecule has 3 aliphatic rings. The molecule has 1 spiro atoms. The maximum absolute atomic E-state index is 13.1. The lowest BCUT2D eigenvalue weighted by molar-refractivity contribution is -0.179. The van der Waals surface area contributed by atoms with E-state index in [0.29, 0.717) is 44.0 Å². The lowest BCUT2D eigenvalue weighted by Gasteiger charge is -2.42. The fourth-order valence-corrected chi connectivity index (χ4v) is 4.51. The second-order valence-corrected chi connectivity index (χ2v) is 7.35. The zero-order valence-electron chi connectivity index (χ0n) is 15.4. The Balaban J connectivity index is 1.33. The number of anilines is 2. The molecule has 5 rings (SSSR count). The molecule has 0 radical (unpaired) electrons. The number of nitrogens with one attached hydrogen (secondary N) is 1. The minimum Gasteiger partial charge on any atom is -0.353 e. The average molecular weight is 379 g/mol. The standard InChI is InChI=1S/C20H21N5O3/c26-17-11-16-20(25(17)8-4-10-28-20)7-9-24(16)18(27)14-12-21-19(22-13-14)23-15-5-2-1-3-6-15/h1-3,5-6,12-13,16H,4,7-11H2,(H,21,22,23)/t16-,20+/m1/s1. The van der Waals surface area contributed by atoms with E-state index >= 15 is 0 Å². The van der Waals surface area contributed by atoms with Crippen LogP contribution in [0.1, 0.15) is 29.6 Å². The SMILES string of the molecule is O=C(c1cnc(Nc2ccccc2)nc1)N1CC[C@@]23OCCCN2C(=O)C[C@@H]13. The first-order valence-corrected chi connectivity index (χ1v) is 9.57. The van der Waals surface area contributed by atoms with Crippen molar-refractivity contribution in [1.82, 2.24) is 19.8 Å². The number of amides is 2. The molecule has 0 aliphatic carbocycles. The van der Waals surface area contributed by atoms with Gasteiger partial charge in [-0.3, -0.25) is 9.59 Å². The van der Waals surface area contributed by atoms with Gasteiger partial charge >= 0.3 is 0 Å². The van der Waals surface area contributed by atoms with E-state index in [-0.39, 0.29) is 17.9 Å². The Labute approximate surface area is 162 Å². The van der Waals surface area contributed by atoms with Crippen molar-refractivity contribution in [2.45, 2.75) is 31.0 Å². The Morgan fingerprint density at radius 1 is 1.18 bits per heavy atom. The van der Waals surface area contributed by atoms with E-state index in [1.165, 1.54) is 12.4 Å². The maximum Gasteiger partial charge on any atom is 0.257 e. The van der Waals surface area contributed by atoms with Crippen LogP contribution in [-0.2, 0) is 9.53 Å².